The molecule has 0 atom stereocenters. The highest BCUT2D eigenvalue weighted by molar-refractivity contribution is 7.42. The summed E-state index contributed by atoms with van der Waals surface area (Å²) in [4.78, 5) is 0. The van der Waals surface area contributed by atoms with Crippen LogP contribution in [-0.2, 0) is 15.5 Å². The van der Waals surface area contributed by atoms with Crippen LogP contribution < -0.4 is 4.52 Å². The number of rotatable bonds is 29. The molecule has 1 aromatic carbocycles. The molecule has 0 aliphatic rings. The molecule has 0 radical (unpaired) electrons. The van der Waals surface area contributed by atoms with Gasteiger partial charge in [-0.3, -0.25) is 0 Å². The molecular formula is C34H63O3P. The number of unbranched alkanes of at least 4 members (excludes halogenated alkanes) is 19. The highest BCUT2D eigenvalue weighted by Crippen LogP contribution is 2.41. The van der Waals surface area contributed by atoms with E-state index in [2.05, 4.69) is 45.0 Å². The largest absolute Gasteiger partial charge is 0.427 e. The summed E-state index contributed by atoms with van der Waals surface area (Å²) in [5, 5.41) is 0. The minimum Gasteiger partial charge on any atom is -0.427 e. The summed E-state index contributed by atoms with van der Waals surface area (Å²) in [6.45, 7) is 8.27. The maximum atomic E-state index is 6.18. The standard InChI is InChI=1S/C34H63O3P/c1-4-7-10-12-14-16-18-20-22-24-31-35-38(37-34-29-27-33(28-30-34)26-9-6-3)36-32-25-23-21-19-17-15-13-11-8-5-2/h27-30H,4-26,31-32H2,1-3H3. The Bertz CT molecular complexity index is 566. The van der Waals surface area contributed by atoms with Crippen molar-refractivity contribution in [1.82, 2.24) is 0 Å². The van der Waals surface area contributed by atoms with Gasteiger partial charge in [-0.1, -0.05) is 155 Å². The van der Waals surface area contributed by atoms with E-state index in [1.54, 1.807) is 0 Å². The third kappa shape index (κ3) is 22.2. The molecule has 0 aliphatic carbocycles. The molecule has 4 heteroatoms. The molecule has 0 saturated carbocycles. The van der Waals surface area contributed by atoms with Crippen LogP contribution in [0, 0.1) is 0 Å². The first-order valence-electron chi connectivity index (χ1n) is 16.6. The quantitative estimate of drug-likeness (QED) is 0.0733. The van der Waals surface area contributed by atoms with Crippen LogP contribution >= 0.6 is 8.60 Å². The van der Waals surface area contributed by atoms with E-state index in [9.17, 15) is 0 Å². The van der Waals surface area contributed by atoms with E-state index >= 15 is 0 Å². The van der Waals surface area contributed by atoms with Gasteiger partial charge >= 0.3 is 8.60 Å². The molecule has 0 fully saturated rings. The Labute approximate surface area is 239 Å². The Morgan fingerprint density at radius 3 is 1.21 bits per heavy atom. The smallest absolute Gasteiger partial charge is 0.397 e. The van der Waals surface area contributed by atoms with Gasteiger partial charge in [0, 0.05) is 0 Å². The number of hydrogen-bond acceptors (Lipinski definition) is 3. The van der Waals surface area contributed by atoms with E-state index in [0.29, 0.717) is 0 Å². The van der Waals surface area contributed by atoms with Crippen LogP contribution in [0.4, 0.5) is 0 Å². The predicted molar refractivity (Wildman–Crippen MR) is 168 cm³/mol. The summed E-state index contributed by atoms with van der Waals surface area (Å²) in [5.74, 6) is 0.863. The van der Waals surface area contributed by atoms with Gasteiger partial charge < -0.3 is 13.6 Å². The summed E-state index contributed by atoms with van der Waals surface area (Å²) in [6.07, 6.45) is 30.3. The Morgan fingerprint density at radius 2 is 0.816 bits per heavy atom. The lowest BCUT2D eigenvalue weighted by Crippen LogP contribution is -2.01. The minimum absolute atomic E-state index is 0.731. The summed E-state index contributed by atoms with van der Waals surface area (Å²) in [7, 11) is -1.33. The van der Waals surface area contributed by atoms with Gasteiger partial charge in [-0.05, 0) is 43.4 Å². The first-order chi connectivity index (χ1) is 18.8. The third-order valence-corrected chi connectivity index (χ3v) is 8.46. The highest BCUT2D eigenvalue weighted by Gasteiger charge is 2.15. The third-order valence-electron chi connectivity index (χ3n) is 7.31. The van der Waals surface area contributed by atoms with Gasteiger partial charge in [-0.2, -0.15) is 0 Å². The molecule has 0 bridgehead atoms. The molecule has 1 rings (SSSR count). The fourth-order valence-corrected chi connectivity index (χ4v) is 5.76. The van der Waals surface area contributed by atoms with E-state index < -0.39 is 8.60 Å². The first kappa shape index (κ1) is 35.4. The molecule has 0 aliphatic heterocycles. The average molecular weight is 551 g/mol. The molecular weight excluding hydrogens is 487 g/mol. The van der Waals surface area contributed by atoms with Crippen molar-refractivity contribution >= 4 is 8.60 Å². The van der Waals surface area contributed by atoms with Crippen LogP contribution in [0.25, 0.3) is 0 Å². The summed E-state index contributed by atoms with van der Waals surface area (Å²) >= 11 is 0. The molecule has 0 heterocycles. The topological polar surface area (TPSA) is 27.7 Å². The van der Waals surface area contributed by atoms with Crippen LogP contribution in [0.3, 0.4) is 0 Å². The summed E-state index contributed by atoms with van der Waals surface area (Å²) < 4.78 is 18.4. The van der Waals surface area contributed by atoms with Gasteiger partial charge in [0.15, 0.2) is 0 Å². The second-order valence-electron chi connectivity index (χ2n) is 11.1. The molecule has 222 valence electrons. The minimum atomic E-state index is -1.33. The lowest BCUT2D eigenvalue weighted by molar-refractivity contribution is 0.198. The van der Waals surface area contributed by atoms with Gasteiger partial charge in [0.05, 0.1) is 13.2 Å². The molecule has 0 aromatic heterocycles. The van der Waals surface area contributed by atoms with Crippen LogP contribution in [0.1, 0.15) is 168 Å². The van der Waals surface area contributed by atoms with Gasteiger partial charge in [0.25, 0.3) is 0 Å². The van der Waals surface area contributed by atoms with Gasteiger partial charge in [-0.25, -0.2) is 0 Å². The molecule has 3 nitrogen and oxygen atoms in total. The second kappa shape index (κ2) is 27.9. The SMILES string of the molecule is CCCCCCCCCCCCOP(OCCCCCCCCCCCC)Oc1ccc(CCCC)cc1. The van der Waals surface area contributed by atoms with Crippen molar-refractivity contribution in [2.24, 2.45) is 0 Å². The van der Waals surface area contributed by atoms with Crippen LogP contribution in [0.15, 0.2) is 24.3 Å². The summed E-state index contributed by atoms with van der Waals surface area (Å²) in [5.41, 5.74) is 1.38. The van der Waals surface area contributed by atoms with Crippen molar-refractivity contribution < 1.29 is 13.6 Å². The van der Waals surface area contributed by atoms with Gasteiger partial charge in [0.2, 0.25) is 0 Å². The van der Waals surface area contributed by atoms with E-state index in [0.717, 1.165) is 38.2 Å². The van der Waals surface area contributed by atoms with Crippen LogP contribution in [-0.4, -0.2) is 13.2 Å². The molecule has 1 aromatic rings. The Kier molecular flexibility index (Phi) is 26.0. The number of aryl methyl sites for hydroxylation is 1. The monoisotopic (exact) mass is 550 g/mol. The highest BCUT2D eigenvalue weighted by atomic mass is 31.2. The molecule has 0 saturated heterocycles. The number of hydrogen-bond donors (Lipinski definition) is 0. The molecule has 0 amide bonds. The van der Waals surface area contributed by atoms with Crippen molar-refractivity contribution in [2.45, 2.75) is 168 Å². The zero-order chi connectivity index (χ0) is 27.4. The Hall–Kier alpha value is -0.630. The maximum Gasteiger partial charge on any atom is 0.397 e. The summed E-state index contributed by atoms with van der Waals surface area (Å²) in [6, 6.07) is 8.52. The van der Waals surface area contributed by atoms with Crippen LogP contribution in [0.5, 0.6) is 5.75 Å². The van der Waals surface area contributed by atoms with Crippen molar-refractivity contribution in [3.8, 4) is 5.75 Å². The first-order valence-corrected chi connectivity index (χ1v) is 17.7. The van der Waals surface area contributed by atoms with Crippen molar-refractivity contribution in [3.63, 3.8) is 0 Å². The van der Waals surface area contributed by atoms with E-state index in [4.69, 9.17) is 13.6 Å². The lowest BCUT2D eigenvalue weighted by Gasteiger charge is -2.17. The van der Waals surface area contributed by atoms with Crippen molar-refractivity contribution in [2.75, 3.05) is 13.2 Å². The van der Waals surface area contributed by atoms with Crippen molar-refractivity contribution in [1.29, 1.82) is 0 Å². The Balaban J connectivity index is 2.25. The number of benzene rings is 1. The van der Waals surface area contributed by atoms with E-state index in [1.165, 1.54) is 134 Å². The average Bonchev–Trinajstić information content (AvgIpc) is 2.94. The zero-order valence-electron chi connectivity index (χ0n) is 25.7. The maximum absolute atomic E-state index is 6.18. The normalized spacial score (nSPS) is 11.5. The van der Waals surface area contributed by atoms with E-state index in [-0.39, 0.29) is 0 Å². The fourth-order valence-electron chi connectivity index (χ4n) is 4.73. The fraction of sp³-hybridized carbons (Fsp3) is 0.824. The van der Waals surface area contributed by atoms with Crippen molar-refractivity contribution in [3.05, 3.63) is 29.8 Å². The molecule has 0 spiro atoms. The van der Waals surface area contributed by atoms with Gasteiger partial charge in [0.1, 0.15) is 5.75 Å². The molecule has 0 unspecified atom stereocenters. The predicted octanol–water partition coefficient (Wildman–Crippen LogP) is 12.5. The Morgan fingerprint density at radius 1 is 0.447 bits per heavy atom. The molecule has 38 heavy (non-hydrogen) atoms. The molecule has 0 N–H and O–H groups in total. The second-order valence-corrected chi connectivity index (χ2v) is 12.2. The van der Waals surface area contributed by atoms with Crippen LogP contribution in [0.2, 0.25) is 0 Å². The lowest BCUT2D eigenvalue weighted by atomic mass is 10.1. The van der Waals surface area contributed by atoms with Gasteiger partial charge in [-0.15, -0.1) is 0 Å². The zero-order valence-corrected chi connectivity index (χ0v) is 26.6. The van der Waals surface area contributed by atoms with E-state index in [1.807, 2.05) is 0 Å².